The van der Waals surface area contributed by atoms with Gasteiger partial charge in [0.15, 0.2) is 5.78 Å². The average Bonchev–Trinajstić information content (AvgIpc) is 2.43. The molecule has 0 bridgehead atoms. The van der Waals surface area contributed by atoms with Gasteiger partial charge >= 0.3 is 0 Å². The van der Waals surface area contributed by atoms with Crippen LogP contribution in [0.5, 0.6) is 0 Å². The van der Waals surface area contributed by atoms with Gasteiger partial charge in [-0.05, 0) is 49.7 Å². The molecule has 110 valence electrons. The van der Waals surface area contributed by atoms with E-state index in [0.717, 1.165) is 0 Å². The molecule has 1 N–H and O–H groups in total. The van der Waals surface area contributed by atoms with E-state index in [1.54, 1.807) is 13.0 Å². The molecule has 0 spiro atoms. The van der Waals surface area contributed by atoms with Crippen LogP contribution in [0.4, 0.5) is 10.1 Å². The van der Waals surface area contributed by atoms with Crippen molar-refractivity contribution in [3.05, 3.63) is 59.4 Å². The summed E-state index contributed by atoms with van der Waals surface area (Å²) in [4.78, 5) is 11.3. The van der Waals surface area contributed by atoms with E-state index in [-0.39, 0.29) is 16.4 Å². The third kappa shape index (κ3) is 3.46. The Balaban J connectivity index is 2.36. The number of benzene rings is 2. The summed E-state index contributed by atoms with van der Waals surface area (Å²) in [6, 6.07) is 9.69. The predicted molar refractivity (Wildman–Crippen MR) is 78.4 cm³/mol. The minimum atomic E-state index is -3.82. The van der Waals surface area contributed by atoms with Crippen molar-refractivity contribution in [2.24, 2.45) is 0 Å². The maximum Gasteiger partial charge on any atom is 0.261 e. The van der Waals surface area contributed by atoms with Gasteiger partial charge in [0.05, 0.1) is 4.90 Å². The third-order valence-corrected chi connectivity index (χ3v) is 4.34. The average molecular weight is 307 g/mol. The SMILES string of the molecule is CC(=O)c1cccc(S(=O)(=O)Nc2ccc(F)c(C)c2)c1. The topological polar surface area (TPSA) is 63.2 Å². The van der Waals surface area contributed by atoms with Crippen molar-refractivity contribution in [1.29, 1.82) is 0 Å². The van der Waals surface area contributed by atoms with Crippen LogP contribution in [0.1, 0.15) is 22.8 Å². The largest absolute Gasteiger partial charge is 0.295 e. The van der Waals surface area contributed by atoms with E-state index in [4.69, 9.17) is 0 Å². The van der Waals surface area contributed by atoms with E-state index >= 15 is 0 Å². The van der Waals surface area contributed by atoms with E-state index in [0.29, 0.717) is 11.1 Å². The number of carbonyl (C=O) groups is 1. The molecule has 0 saturated heterocycles. The maximum absolute atomic E-state index is 13.2. The smallest absolute Gasteiger partial charge is 0.261 e. The molecular weight excluding hydrogens is 293 g/mol. The van der Waals surface area contributed by atoms with Gasteiger partial charge in [-0.2, -0.15) is 0 Å². The zero-order valence-corrected chi connectivity index (χ0v) is 12.4. The van der Waals surface area contributed by atoms with Crippen molar-refractivity contribution >= 4 is 21.5 Å². The number of nitrogens with one attached hydrogen (secondary N) is 1. The summed E-state index contributed by atoms with van der Waals surface area (Å²) in [6.07, 6.45) is 0. The van der Waals surface area contributed by atoms with Gasteiger partial charge < -0.3 is 0 Å². The van der Waals surface area contributed by atoms with E-state index in [1.165, 1.54) is 43.3 Å². The second kappa shape index (κ2) is 5.65. The van der Waals surface area contributed by atoms with Gasteiger partial charge in [0, 0.05) is 11.3 Å². The number of sulfonamides is 1. The van der Waals surface area contributed by atoms with Crippen molar-refractivity contribution in [3.8, 4) is 0 Å². The highest BCUT2D eigenvalue weighted by Gasteiger charge is 2.16. The number of hydrogen-bond donors (Lipinski definition) is 1. The Morgan fingerprint density at radius 1 is 1.14 bits per heavy atom. The van der Waals surface area contributed by atoms with Gasteiger partial charge in [-0.1, -0.05) is 12.1 Å². The highest BCUT2D eigenvalue weighted by molar-refractivity contribution is 7.92. The highest BCUT2D eigenvalue weighted by atomic mass is 32.2. The maximum atomic E-state index is 13.2. The summed E-state index contributed by atoms with van der Waals surface area (Å²) < 4.78 is 40.1. The van der Waals surface area contributed by atoms with Crippen LogP contribution >= 0.6 is 0 Å². The lowest BCUT2D eigenvalue weighted by Gasteiger charge is -2.09. The van der Waals surface area contributed by atoms with Gasteiger partial charge in [0.2, 0.25) is 0 Å². The Bertz CT molecular complexity index is 800. The summed E-state index contributed by atoms with van der Waals surface area (Å²) in [5.74, 6) is -0.624. The lowest BCUT2D eigenvalue weighted by Crippen LogP contribution is -2.13. The number of hydrogen-bond acceptors (Lipinski definition) is 3. The molecule has 2 aromatic carbocycles. The van der Waals surface area contributed by atoms with Crippen LogP contribution < -0.4 is 4.72 Å². The Kier molecular flexibility index (Phi) is 4.09. The van der Waals surface area contributed by atoms with Crippen molar-refractivity contribution in [1.82, 2.24) is 0 Å². The molecule has 0 aliphatic heterocycles. The number of halogens is 1. The van der Waals surface area contributed by atoms with Crippen LogP contribution in [0, 0.1) is 12.7 Å². The van der Waals surface area contributed by atoms with Gasteiger partial charge in [-0.15, -0.1) is 0 Å². The van der Waals surface area contributed by atoms with Crippen molar-refractivity contribution in [2.75, 3.05) is 4.72 Å². The number of rotatable bonds is 4. The summed E-state index contributed by atoms with van der Waals surface area (Å²) in [7, 11) is -3.82. The first kappa shape index (κ1) is 15.2. The number of anilines is 1. The van der Waals surface area contributed by atoms with E-state index in [1.807, 2.05) is 0 Å². The lowest BCUT2D eigenvalue weighted by atomic mass is 10.2. The number of ketones is 1. The lowest BCUT2D eigenvalue weighted by molar-refractivity contribution is 0.101. The first-order valence-electron chi connectivity index (χ1n) is 6.19. The molecule has 0 heterocycles. The fourth-order valence-electron chi connectivity index (χ4n) is 1.80. The third-order valence-electron chi connectivity index (χ3n) is 2.96. The summed E-state index contributed by atoms with van der Waals surface area (Å²) in [6.45, 7) is 2.91. The number of carbonyl (C=O) groups excluding carboxylic acids is 1. The fourth-order valence-corrected chi connectivity index (χ4v) is 2.90. The Morgan fingerprint density at radius 2 is 1.86 bits per heavy atom. The van der Waals surface area contributed by atoms with Crippen LogP contribution in [-0.4, -0.2) is 14.2 Å². The zero-order valence-electron chi connectivity index (χ0n) is 11.6. The van der Waals surface area contributed by atoms with Gasteiger partial charge in [-0.3, -0.25) is 9.52 Å². The van der Waals surface area contributed by atoms with E-state index in [2.05, 4.69) is 4.72 Å². The van der Waals surface area contributed by atoms with Crippen molar-refractivity contribution in [3.63, 3.8) is 0 Å². The molecule has 0 radical (unpaired) electrons. The van der Waals surface area contributed by atoms with E-state index in [9.17, 15) is 17.6 Å². The summed E-state index contributed by atoms with van der Waals surface area (Å²) in [5, 5.41) is 0. The molecule has 0 fully saturated rings. The second-order valence-electron chi connectivity index (χ2n) is 4.65. The van der Waals surface area contributed by atoms with Crippen LogP contribution in [0.2, 0.25) is 0 Å². The van der Waals surface area contributed by atoms with Gasteiger partial charge in [0.1, 0.15) is 5.82 Å². The first-order valence-corrected chi connectivity index (χ1v) is 7.68. The molecule has 0 aliphatic carbocycles. The predicted octanol–water partition coefficient (Wildman–Crippen LogP) is 3.14. The van der Waals surface area contributed by atoms with Crippen LogP contribution in [0.25, 0.3) is 0 Å². The van der Waals surface area contributed by atoms with Gasteiger partial charge in [0.25, 0.3) is 10.0 Å². The molecule has 0 atom stereocenters. The Hall–Kier alpha value is -2.21. The molecule has 0 aromatic heterocycles. The van der Waals surface area contributed by atoms with E-state index < -0.39 is 15.8 Å². The van der Waals surface area contributed by atoms with Crippen LogP contribution in [-0.2, 0) is 10.0 Å². The number of Topliss-reactive ketones (excluding diaryl/α,β-unsaturated/α-hetero) is 1. The molecule has 0 amide bonds. The molecular formula is C15H14FNO3S. The molecule has 0 aliphatic rings. The van der Waals surface area contributed by atoms with Crippen molar-refractivity contribution in [2.45, 2.75) is 18.7 Å². The molecule has 2 aromatic rings. The summed E-state index contributed by atoms with van der Waals surface area (Å²) in [5.41, 5.74) is 0.919. The normalized spacial score (nSPS) is 11.2. The van der Waals surface area contributed by atoms with Gasteiger partial charge in [-0.25, -0.2) is 12.8 Å². The Labute approximate surface area is 122 Å². The monoisotopic (exact) mass is 307 g/mol. The summed E-state index contributed by atoms with van der Waals surface area (Å²) >= 11 is 0. The quantitative estimate of drug-likeness (QED) is 0.883. The van der Waals surface area contributed by atoms with Crippen LogP contribution in [0.15, 0.2) is 47.4 Å². The Morgan fingerprint density at radius 3 is 2.48 bits per heavy atom. The van der Waals surface area contributed by atoms with Crippen molar-refractivity contribution < 1.29 is 17.6 Å². The van der Waals surface area contributed by atoms with Crippen LogP contribution in [0.3, 0.4) is 0 Å². The highest BCUT2D eigenvalue weighted by Crippen LogP contribution is 2.19. The first-order chi connectivity index (χ1) is 9.79. The molecule has 4 nitrogen and oxygen atoms in total. The second-order valence-corrected chi connectivity index (χ2v) is 6.34. The number of aryl methyl sites for hydroxylation is 1. The molecule has 21 heavy (non-hydrogen) atoms. The standard InChI is InChI=1S/C15H14FNO3S/c1-10-8-13(6-7-15(10)16)17-21(19,20)14-5-3-4-12(9-14)11(2)18/h3-9,17H,1-2H3. The molecule has 0 saturated carbocycles. The minimum absolute atomic E-state index is 0.0165. The molecule has 6 heteroatoms. The zero-order chi connectivity index (χ0) is 15.6. The minimum Gasteiger partial charge on any atom is -0.295 e. The fraction of sp³-hybridized carbons (Fsp3) is 0.133. The molecule has 2 rings (SSSR count). The molecule has 0 unspecified atom stereocenters.